The zero-order valence-electron chi connectivity index (χ0n) is 21.3. The standard InChI is InChI=1S/C28H43N5O/c1-18-8-4-9-19(2)33(18)20(3)10-5-12-22-13-7-15-24-26(22)32-28(34)25(31-24)17-21-11-6-14-23(16-21)27(29)30/h7,13,15,18-21,23H,4-6,8-12,14,16-17H2,1-3H3,(H3,29,30)(H,32,34). The Balaban J connectivity index is 1.42. The number of hydrogen-bond donors (Lipinski definition) is 3. The number of aromatic nitrogens is 2. The minimum Gasteiger partial charge on any atom is -0.387 e. The van der Waals surface area contributed by atoms with Gasteiger partial charge in [-0.1, -0.05) is 31.4 Å². The zero-order chi connectivity index (χ0) is 24.2. The molecule has 4 rings (SSSR count). The van der Waals surface area contributed by atoms with E-state index in [0.29, 0.717) is 36.2 Å². The molecular formula is C28H43N5O. The zero-order valence-corrected chi connectivity index (χ0v) is 21.3. The average molecular weight is 466 g/mol. The monoisotopic (exact) mass is 465 g/mol. The Morgan fingerprint density at radius 1 is 1.21 bits per heavy atom. The normalized spacial score (nSPS) is 27.0. The summed E-state index contributed by atoms with van der Waals surface area (Å²) in [6.07, 6.45) is 11.9. The molecule has 0 spiro atoms. The van der Waals surface area contributed by atoms with Crippen LogP contribution in [0, 0.1) is 17.2 Å². The SMILES string of the molecule is CC(CCCc1cccc2nc(CC3CCCC(C(=N)N)C3)c(=O)[nH]c12)N1C(C)CCCC1C. The molecule has 1 aliphatic heterocycles. The molecule has 0 radical (unpaired) electrons. The fourth-order valence-electron chi connectivity index (χ4n) is 6.63. The Morgan fingerprint density at radius 3 is 2.68 bits per heavy atom. The van der Waals surface area contributed by atoms with Crippen LogP contribution in [0.2, 0.25) is 0 Å². The number of nitrogens with zero attached hydrogens (tertiary/aromatic N) is 2. The van der Waals surface area contributed by atoms with E-state index in [1.165, 1.54) is 31.2 Å². The summed E-state index contributed by atoms with van der Waals surface area (Å²) in [7, 11) is 0. The van der Waals surface area contributed by atoms with Crippen molar-refractivity contribution in [2.75, 3.05) is 0 Å². The number of likely N-dealkylation sites (tertiary alicyclic amines) is 1. The number of piperidine rings is 1. The minimum atomic E-state index is -0.0609. The van der Waals surface area contributed by atoms with Gasteiger partial charge in [0, 0.05) is 24.0 Å². The van der Waals surface area contributed by atoms with Gasteiger partial charge in [-0.05, 0) is 89.7 Å². The molecule has 1 aliphatic carbocycles. The third kappa shape index (κ3) is 5.70. The average Bonchev–Trinajstić information content (AvgIpc) is 2.80. The highest BCUT2D eigenvalue weighted by Gasteiger charge is 2.28. The van der Waals surface area contributed by atoms with Crippen molar-refractivity contribution in [3.8, 4) is 0 Å². The molecule has 0 bridgehead atoms. The second kappa shape index (κ2) is 11.0. The smallest absolute Gasteiger partial charge is 0.270 e. The predicted molar refractivity (Wildman–Crippen MR) is 140 cm³/mol. The molecule has 5 atom stereocenters. The van der Waals surface area contributed by atoms with Crippen LogP contribution >= 0.6 is 0 Å². The maximum Gasteiger partial charge on any atom is 0.270 e. The molecule has 0 amide bonds. The number of fused-ring (bicyclic) bond motifs is 1. The molecule has 186 valence electrons. The van der Waals surface area contributed by atoms with E-state index in [1.54, 1.807) is 0 Å². The van der Waals surface area contributed by atoms with Crippen LogP contribution in [0.1, 0.15) is 89.8 Å². The molecule has 6 nitrogen and oxygen atoms in total. The lowest BCUT2D eigenvalue weighted by molar-refractivity contribution is 0.0580. The topological polar surface area (TPSA) is 98.9 Å². The molecule has 2 aromatic rings. The maximum absolute atomic E-state index is 12.9. The highest BCUT2D eigenvalue weighted by Crippen LogP contribution is 2.31. The number of hydrogen-bond acceptors (Lipinski definition) is 4. The summed E-state index contributed by atoms with van der Waals surface area (Å²) in [5.41, 5.74) is 9.29. The van der Waals surface area contributed by atoms with Gasteiger partial charge in [0.25, 0.3) is 5.56 Å². The van der Waals surface area contributed by atoms with Gasteiger partial charge in [0.1, 0.15) is 5.69 Å². The van der Waals surface area contributed by atoms with Crippen molar-refractivity contribution in [1.82, 2.24) is 14.9 Å². The molecule has 34 heavy (non-hydrogen) atoms. The van der Waals surface area contributed by atoms with Crippen LogP contribution in [-0.4, -0.2) is 38.8 Å². The van der Waals surface area contributed by atoms with E-state index in [2.05, 4.69) is 42.8 Å². The Hall–Kier alpha value is -2.21. The van der Waals surface area contributed by atoms with Crippen molar-refractivity contribution in [1.29, 1.82) is 5.41 Å². The third-order valence-electron chi connectivity index (χ3n) is 8.43. The van der Waals surface area contributed by atoms with Gasteiger partial charge in [0.15, 0.2) is 0 Å². The number of H-pyrrole nitrogens is 1. The van der Waals surface area contributed by atoms with E-state index >= 15 is 0 Å². The summed E-state index contributed by atoms with van der Waals surface area (Å²) in [5.74, 6) is 0.814. The number of rotatable bonds is 8. The molecule has 1 aromatic heterocycles. The lowest BCUT2D eigenvalue weighted by Gasteiger charge is -2.43. The third-order valence-corrected chi connectivity index (χ3v) is 8.43. The highest BCUT2D eigenvalue weighted by atomic mass is 16.1. The fraction of sp³-hybridized carbons (Fsp3) is 0.679. The van der Waals surface area contributed by atoms with Gasteiger partial charge in [-0.15, -0.1) is 0 Å². The number of nitrogens with two attached hydrogens (primary N) is 1. The van der Waals surface area contributed by atoms with Crippen LogP contribution in [-0.2, 0) is 12.8 Å². The van der Waals surface area contributed by atoms with Crippen molar-refractivity contribution in [2.45, 2.75) is 110 Å². The second-order valence-electron chi connectivity index (χ2n) is 11.0. The van der Waals surface area contributed by atoms with Crippen LogP contribution in [0.4, 0.5) is 0 Å². The first-order valence-electron chi connectivity index (χ1n) is 13.5. The lowest BCUT2D eigenvalue weighted by Crippen LogP contribution is -2.48. The van der Waals surface area contributed by atoms with Crippen LogP contribution in [0.5, 0.6) is 0 Å². The van der Waals surface area contributed by atoms with E-state index in [-0.39, 0.29) is 17.3 Å². The Labute approximate surface area is 204 Å². The lowest BCUT2D eigenvalue weighted by atomic mass is 9.79. The predicted octanol–water partition coefficient (Wildman–Crippen LogP) is 5.18. The first-order chi connectivity index (χ1) is 16.3. The first-order valence-corrected chi connectivity index (χ1v) is 13.5. The summed E-state index contributed by atoms with van der Waals surface area (Å²) in [6.45, 7) is 7.12. The largest absolute Gasteiger partial charge is 0.387 e. The van der Waals surface area contributed by atoms with Gasteiger partial charge in [-0.25, -0.2) is 4.98 Å². The number of aromatic amines is 1. The molecule has 4 N–H and O–H groups in total. The van der Waals surface area contributed by atoms with Crippen molar-refractivity contribution in [2.24, 2.45) is 17.6 Å². The number of amidine groups is 1. The molecule has 5 unspecified atom stereocenters. The fourth-order valence-corrected chi connectivity index (χ4v) is 6.63. The van der Waals surface area contributed by atoms with Crippen LogP contribution in [0.25, 0.3) is 11.0 Å². The Kier molecular flexibility index (Phi) is 8.07. The molecule has 1 saturated heterocycles. The van der Waals surface area contributed by atoms with E-state index in [4.69, 9.17) is 16.1 Å². The van der Waals surface area contributed by atoms with E-state index in [1.807, 2.05) is 6.07 Å². The van der Waals surface area contributed by atoms with Gasteiger partial charge in [0.05, 0.1) is 16.9 Å². The van der Waals surface area contributed by atoms with Gasteiger partial charge >= 0.3 is 0 Å². The molecule has 2 aliphatic rings. The minimum absolute atomic E-state index is 0.0609. The van der Waals surface area contributed by atoms with Crippen molar-refractivity contribution in [3.05, 3.63) is 39.8 Å². The molecule has 1 aromatic carbocycles. The van der Waals surface area contributed by atoms with Crippen LogP contribution in [0.3, 0.4) is 0 Å². The summed E-state index contributed by atoms with van der Waals surface area (Å²) in [6, 6.07) is 8.14. The van der Waals surface area contributed by atoms with E-state index in [9.17, 15) is 4.79 Å². The van der Waals surface area contributed by atoms with Crippen molar-refractivity contribution < 1.29 is 0 Å². The van der Waals surface area contributed by atoms with Crippen LogP contribution < -0.4 is 11.3 Å². The number of benzene rings is 1. The molecule has 1 saturated carbocycles. The summed E-state index contributed by atoms with van der Waals surface area (Å²) < 4.78 is 0. The van der Waals surface area contributed by atoms with Gasteiger partial charge < -0.3 is 10.7 Å². The summed E-state index contributed by atoms with van der Waals surface area (Å²) >= 11 is 0. The number of para-hydroxylation sites is 1. The molecular weight excluding hydrogens is 422 g/mol. The van der Waals surface area contributed by atoms with Crippen molar-refractivity contribution in [3.63, 3.8) is 0 Å². The van der Waals surface area contributed by atoms with E-state index in [0.717, 1.165) is 49.6 Å². The maximum atomic E-state index is 12.9. The first kappa shape index (κ1) is 24.9. The Morgan fingerprint density at radius 2 is 1.94 bits per heavy atom. The summed E-state index contributed by atoms with van der Waals surface area (Å²) in [4.78, 5) is 23.6. The summed E-state index contributed by atoms with van der Waals surface area (Å²) in [5, 5.41) is 7.78. The van der Waals surface area contributed by atoms with Crippen molar-refractivity contribution >= 4 is 16.9 Å². The second-order valence-corrected chi connectivity index (χ2v) is 11.0. The quantitative estimate of drug-likeness (QED) is 0.369. The molecule has 6 heteroatoms. The molecule has 2 fully saturated rings. The molecule has 2 heterocycles. The van der Waals surface area contributed by atoms with E-state index < -0.39 is 0 Å². The van der Waals surface area contributed by atoms with Gasteiger partial charge in [-0.2, -0.15) is 0 Å². The highest BCUT2D eigenvalue weighted by molar-refractivity contribution is 5.79. The van der Waals surface area contributed by atoms with Crippen LogP contribution in [0.15, 0.2) is 23.0 Å². The van der Waals surface area contributed by atoms with Gasteiger partial charge in [-0.3, -0.25) is 15.1 Å². The Bertz CT molecular complexity index is 1040. The number of nitrogens with one attached hydrogen (secondary N) is 2. The van der Waals surface area contributed by atoms with Gasteiger partial charge in [0.2, 0.25) is 0 Å². The number of aryl methyl sites for hydroxylation is 1.